The van der Waals surface area contributed by atoms with Crippen LogP contribution in [0.4, 0.5) is 0 Å². The standard InChI is InChI=1S/C20H35N3O2/c1-16(2)10-13(11-17(3,4)23-16)21-15(24)20-9-8-19(7,18(20,5)6)14(12-20)22-25/h13,23,25H,8-12H2,1-7H3,(H,21,24)/b22-14-/t19-,20-/m0/s1. The molecule has 0 radical (unpaired) electrons. The quantitative estimate of drug-likeness (QED) is 0.528. The van der Waals surface area contributed by atoms with Crippen LogP contribution in [0.3, 0.4) is 0 Å². The van der Waals surface area contributed by atoms with E-state index in [0.717, 1.165) is 31.4 Å². The van der Waals surface area contributed by atoms with Gasteiger partial charge in [0.05, 0.1) is 11.1 Å². The van der Waals surface area contributed by atoms with Crippen molar-refractivity contribution in [2.45, 2.75) is 97.7 Å². The molecule has 1 saturated heterocycles. The minimum Gasteiger partial charge on any atom is -0.411 e. The van der Waals surface area contributed by atoms with Crippen molar-refractivity contribution < 1.29 is 10.0 Å². The van der Waals surface area contributed by atoms with Gasteiger partial charge < -0.3 is 15.8 Å². The Kier molecular flexibility index (Phi) is 3.90. The molecule has 5 heteroatoms. The number of nitrogens with zero attached hydrogens (tertiary/aromatic N) is 1. The molecule has 0 aromatic heterocycles. The third-order valence-electron chi connectivity index (χ3n) is 7.81. The van der Waals surface area contributed by atoms with Crippen molar-refractivity contribution in [2.75, 3.05) is 0 Å². The number of rotatable bonds is 2. The molecule has 2 bridgehead atoms. The molecule has 1 amide bonds. The van der Waals surface area contributed by atoms with Crippen molar-refractivity contribution in [3.05, 3.63) is 0 Å². The lowest BCUT2D eigenvalue weighted by molar-refractivity contribution is -0.137. The SMILES string of the molecule is CC1(C)CC(NC(=O)[C@]23CC[C@@](C)(/C(=N\O)C2)C3(C)C)CC(C)(C)N1. The number of piperidine rings is 1. The largest absolute Gasteiger partial charge is 0.411 e. The molecule has 3 fully saturated rings. The van der Waals surface area contributed by atoms with E-state index in [0.29, 0.717) is 6.42 Å². The number of carbonyl (C=O) groups is 1. The molecule has 0 aromatic rings. The molecule has 2 saturated carbocycles. The van der Waals surface area contributed by atoms with Gasteiger partial charge in [-0.1, -0.05) is 25.9 Å². The summed E-state index contributed by atoms with van der Waals surface area (Å²) in [5.74, 6) is 0.151. The van der Waals surface area contributed by atoms with Crippen molar-refractivity contribution in [3.63, 3.8) is 0 Å². The lowest BCUT2D eigenvalue weighted by Crippen LogP contribution is -2.63. The Morgan fingerprint density at radius 1 is 1.08 bits per heavy atom. The van der Waals surface area contributed by atoms with Gasteiger partial charge >= 0.3 is 0 Å². The normalized spacial score (nSPS) is 40.4. The van der Waals surface area contributed by atoms with Crippen LogP contribution >= 0.6 is 0 Å². The van der Waals surface area contributed by atoms with Crippen LogP contribution in [0.15, 0.2) is 5.16 Å². The number of amides is 1. The van der Waals surface area contributed by atoms with E-state index in [4.69, 9.17) is 0 Å². The van der Waals surface area contributed by atoms with Crippen LogP contribution < -0.4 is 10.6 Å². The number of carbonyl (C=O) groups excluding carboxylic acids is 1. The van der Waals surface area contributed by atoms with E-state index in [-0.39, 0.29) is 33.9 Å². The lowest BCUT2D eigenvalue weighted by atomic mass is 9.64. The van der Waals surface area contributed by atoms with Gasteiger partial charge in [-0.05, 0) is 58.8 Å². The zero-order valence-electron chi connectivity index (χ0n) is 16.9. The number of fused-ring (bicyclic) bond motifs is 2. The summed E-state index contributed by atoms with van der Waals surface area (Å²) in [6, 6.07) is 0.172. The van der Waals surface area contributed by atoms with E-state index in [9.17, 15) is 10.0 Å². The van der Waals surface area contributed by atoms with E-state index in [1.54, 1.807) is 0 Å². The topological polar surface area (TPSA) is 73.7 Å². The van der Waals surface area contributed by atoms with E-state index in [2.05, 4.69) is 64.3 Å². The summed E-state index contributed by atoms with van der Waals surface area (Å²) in [6.45, 7) is 15.3. The number of nitrogens with one attached hydrogen (secondary N) is 2. The molecule has 5 nitrogen and oxygen atoms in total. The van der Waals surface area contributed by atoms with Gasteiger partial charge in [-0.15, -0.1) is 0 Å². The Hall–Kier alpha value is -1.10. The van der Waals surface area contributed by atoms with Crippen LogP contribution in [0.5, 0.6) is 0 Å². The van der Waals surface area contributed by atoms with Crippen LogP contribution in [-0.4, -0.2) is 33.9 Å². The highest BCUT2D eigenvalue weighted by Crippen LogP contribution is 2.71. The molecule has 3 rings (SSSR count). The third-order valence-corrected chi connectivity index (χ3v) is 7.81. The number of oxime groups is 1. The maximum atomic E-state index is 13.5. The molecule has 2 aliphatic carbocycles. The molecule has 3 N–H and O–H groups in total. The molecule has 2 atom stereocenters. The summed E-state index contributed by atoms with van der Waals surface area (Å²) >= 11 is 0. The first-order chi connectivity index (χ1) is 11.3. The van der Waals surface area contributed by atoms with Gasteiger partial charge in [-0.2, -0.15) is 0 Å². The zero-order chi connectivity index (χ0) is 18.9. The fourth-order valence-electron chi connectivity index (χ4n) is 6.28. The maximum absolute atomic E-state index is 13.5. The minimum absolute atomic E-state index is 0.00443. The summed E-state index contributed by atoms with van der Waals surface area (Å²) in [4.78, 5) is 13.5. The zero-order valence-corrected chi connectivity index (χ0v) is 16.9. The van der Waals surface area contributed by atoms with Gasteiger partial charge in [0.25, 0.3) is 0 Å². The van der Waals surface area contributed by atoms with Gasteiger partial charge in [-0.25, -0.2) is 0 Å². The maximum Gasteiger partial charge on any atom is 0.227 e. The molecule has 1 aliphatic heterocycles. The van der Waals surface area contributed by atoms with Crippen molar-refractivity contribution in [2.24, 2.45) is 21.4 Å². The predicted molar refractivity (Wildman–Crippen MR) is 99.9 cm³/mol. The fourth-order valence-corrected chi connectivity index (χ4v) is 6.28. The van der Waals surface area contributed by atoms with Crippen molar-refractivity contribution in [3.8, 4) is 0 Å². The molecule has 0 unspecified atom stereocenters. The van der Waals surface area contributed by atoms with Gasteiger partial charge in [0.1, 0.15) is 0 Å². The van der Waals surface area contributed by atoms with Crippen molar-refractivity contribution in [1.29, 1.82) is 0 Å². The Labute approximate surface area is 152 Å². The Balaban J connectivity index is 1.85. The lowest BCUT2D eigenvalue weighted by Gasteiger charge is -2.48. The summed E-state index contributed by atoms with van der Waals surface area (Å²) in [7, 11) is 0. The van der Waals surface area contributed by atoms with Crippen molar-refractivity contribution >= 4 is 11.6 Å². The number of hydrogen-bond acceptors (Lipinski definition) is 4. The molecule has 3 aliphatic rings. The monoisotopic (exact) mass is 349 g/mol. The van der Waals surface area contributed by atoms with Crippen LogP contribution in [0.25, 0.3) is 0 Å². The first-order valence-corrected chi connectivity index (χ1v) is 9.60. The predicted octanol–water partition coefficient (Wildman–Crippen LogP) is 3.46. The average Bonchev–Trinajstić information content (AvgIpc) is 2.73. The van der Waals surface area contributed by atoms with E-state index >= 15 is 0 Å². The average molecular weight is 350 g/mol. The van der Waals surface area contributed by atoms with Crippen LogP contribution in [0.1, 0.15) is 80.6 Å². The van der Waals surface area contributed by atoms with Gasteiger partial charge in [0.15, 0.2) is 0 Å². The van der Waals surface area contributed by atoms with Crippen LogP contribution in [0, 0.1) is 16.2 Å². The van der Waals surface area contributed by atoms with Gasteiger partial charge in [0, 0.05) is 29.0 Å². The second kappa shape index (κ2) is 5.21. The summed E-state index contributed by atoms with van der Waals surface area (Å²) in [6.07, 6.45) is 4.22. The third kappa shape index (κ3) is 2.53. The molecule has 25 heavy (non-hydrogen) atoms. The highest BCUT2D eigenvalue weighted by atomic mass is 16.4. The molecule has 0 spiro atoms. The fraction of sp³-hybridized carbons (Fsp3) is 0.900. The Morgan fingerprint density at radius 3 is 2.12 bits per heavy atom. The van der Waals surface area contributed by atoms with E-state index < -0.39 is 5.41 Å². The Morgan fingerprint density at radius 2 is 1.64 bits per heavy atom. The first kappa shape index (κ1) is 18.7. The van der Waals surface area contributed by atoms with E-state index in [1.165, 1.54) is 0 Å². The molecular formula is C20H35N3O2. The molecular weight excluding hydrogens is 314 g/mol. The van der Waals surface area contributed by atoms with E-state index in [1.807, 2.05) is 0 Å². The molecule has 1 heterocycles. The Bertz CT molecular complexity index is 606. The minimum atomic E-state index is -0.456. The highest BCUT2D eigenvalue weighted by molar-refractivity contribution is 6.02. The second-order valence-electron chi connectivity index (χ2n) is 10.7. The number of hydrogen-bond donors (Lipinski definition) is 3. The van der Waals surface area contributed by atoms with Crippen LogP contribution in [-0.2, 0) is 4.79 Å². The smallest absolute Gasteiger partial charge is 0.227 e. The van der Waals surface area contributed by atoms with Gasteiger partial charge in [0.2, 0.25) is 5.91 Å². The summed E-state index contributed by atoms with van der Waals surface area (Å²) < 4.78 is 0. The first-order valence-electron chi connectivity index (χ1n) is 9.60. The van der Waals surface area contributed by atoms with Gasteiger partial charge in [-0.3, -0.25) is 4.79 Å². The van der Waals surface area contributed by atoms with Crippen molar-refractivity contribution in [1.82, 2.24) is 10.6 Å². The molecule has 142 valence electrons. The summed E-state index contributed by atoms with van der Waals surface area (Å²) in [5, 5.41) is 20.1. The van der Waals surface area contributed by atoms with Crippen LogP contribution in [0.2, 0.25) is 0 Å². The molecule has 0 aromatic carbocycles. The highest BCUT2D eigenvalue weighted by Gasteiger charge is 2.71. The second-order valence-corrected chi connectivity index (χ2v) is 10.7. The summed E-state index contributed by atoms with van der Waals surface area (Å²) in [5.41, 5.74) is -0.0443.